The summed E-state index contributed by atoms with van der Waals surface area (Å²) >= 11 is 0. The van der Waals surface area contributed by atoms with Gasteiger partial charge in [0, 0.05) is 18.1 Å². The smallest absolute Gasteiger partial charge is 0.410 e. The van der Waals surface area contributed by atoms with Crippen LogP contribution in [0.2, 0.25) is 0 Å². The molecule has 26 heavy (non-hydrogen) atoms. The molecular weight excluding hydrogens is 334 g/mol. The van der Waals surface area contributed by atoms with E-state index in [-0.39, 0.29) is 6.09 Å². The van der Waals surface area contributed by atoms with Crippen LogP contribution in [-0.4, -0.2) is 45.6 Å². The van der Waals surface area contributed by atoms with E-state index >= 15 is 0 Å². The third-order valence-electron chi connectivity index (χ3n) is 4.58. The number of nitrogens with two attached hydrogens (primary N) is 1. The molecule has 2 aliphatic heterocycles. The standard InChI is InChI=1S/C17H17N7O2/c18-16-15-14(21-13(22-15)9-23-6-7-26-17(23)25)11-3-2-10(8-12(11)20-16)24-5-1-4-19-24/h1-3,5,8,19H,4,6-7,9H2,(H2,18,20)(H,21,22). The van der Waals surface area contributed by atoms with Gasteiger partial charge in [-0.3, -0.25) is 9.91 Å². The number of hydrazine groups is 1. The highest BCUT2D eigenvalue weighted by Gasteiger charge is 2.23. The summed E-state index contributed by atoms with van der Waals surface area (Å²) in [6.45, 7) is 2.13. The number of nitrogens with one attached hydrogen (secondary N) is 2. The Bertz CT molecular complexity index is 1060. The number of benzene rings is 1. The van der Waals surface area contributed by atoms with E-state index < -0.39 is 0 Å². The average molecular weight is 351 g/mol. The molecule has 132 valence electrons. The van der Waals surface area contributed by atoms with Crippen molar-refractivity contribution in [1.29, 1.82) is 0 Å². The van der Waals surface area contributed by atoms with Crippen LogP contribution in [0.15, 0.2) is 30.5 Å². The maximum absolute atomic E-state index is 11.6. The molecule has 9 nitrogen and oxygen atoms in total. The van der Waals surface area contributed by atoms with Crippen molar-refractivity contribution in [3.63, 3.8) is 0 Å². The van der Waals surface area contributed by atoms with Gasteiger partial charge in [0.05, 0.1) is 29.8 Å². The average Bonchev–Trinajstić information content (AvgIpc) is 3.37. The molecule has 0 atom stereocenters. The van der Waals surface area contributed by atoms with Crippen LogP contribution >= 0.6 is 0 Å². The first-order valence-corrected chi connectivity index (χ1v) is 8.38. The molecular formula is C17H17N7O2. The number of nitrogen functional groups attached to an aromatic ring is 1. The van der Waals surface area contributed by atoms with E-state index in [0.29, 0.717) is 36.9 Å². The number of carbonyl (C=O) groups excluding carboxylic acids is 1. The number of hydrogen-bond acceptors (Lipinski definition) is 7. The molecule has 2 aliphatic rings. The van der Waals surface area contributed by atoms with E-state index in [1.165, 1.54) is 0 Å². The van der Waals surface area contributed by atoms with Gasteiger partial charge in [0.25, 0.3) is 0 Å². The molecule has 1 aromatic carbocycles. The molecule has 0 radical (unpaired) electrons. The van der Waals surface area contributed by atoms with Crippen LogP contribution in [0.1, 0.15) is 5.82 Å². The summed E-state index contributed by atoms with van der Waals surface area (Å²) in [5, 5.41) is 2.88. The minimum atomic E-state index is -0.322. The Kier molecular flexibility index (Phi) is 3.22. The lowest BCUT2D eigenvalue weighted by Crippen LogP contribution is -2.28. The fourth-order valence-corrected chi connectivity index (χ4v) is 3.32. The van der Waals surface area contributed by atoms with E-state index in [0.717, 1.165) is 28.7 Å². The fraction of sp³-hybridized carbons (Fsp3) is 0.235. The lowest BCUT2D eigenvalue weighted by Gasteiger charge is -2.16. The van der Waals surface area contributed by atoms with Crippen molar-refractivity contribution >= 4 is 39.5 Å². The molecule has 1 saturated heterocycles. The molecule has 1 fully saturated rings. The molecule has 4 N–H and O–H groups in total. The zero-order chi connectivity index (χ0) is 17.7. The van der Waals surface area contributed by atoms with Crippen LogP contribution < -0.4 is 16.2 Å². The monoisotopic (exact) mass is 351 g/mol. The zero-order valence-electron chi connectivity index (χ0n) is 13.9. The molecule has 2 aromatic heterocycles. The number of rotatable bonds is 3. The second-order valence-corrected chi connectivity index (χ2v) is 6.26. The summed E-state index contributed by atoms with van der Waals surface area (Å²) in [5.41, 5.74) is 12.6. The molecule has 0 bridgehead atoms. The first kappa shape index (κ1) is 15.0. The molecule has 1 amide bonds. The van der Waals surface area contributed by atoms with Gasteiger partial charge in [-0.1, -0.05) is 6.08 Å². The van der Waals surface area contributed by atoms with Gasteiger partial charge < -0.3 is 15.5 Å². The van der Waals surface area contributed by atoms with Crippen molar-refractivity contribution in [2.75, 3.05) is 30.4 Å². The number of anilines is 2. The van der Waals surface area contributed by atoms with Gasteiger partial charge in [-0.25, -0.2) is 20.2 Å². The highest BCUT2D eigenvalue weighted by molar-refractivity contribution is 6.06. The molecule has 0 spiro atoms. The number of hydrogen-bond donors (Lipinski definition) is 3. The number of imidazole rings is 1. The van der Waals surface area contributed by atoms with Crippen molar-refractivity contribution in [2.24, 2.45) is 0 Å². The second kappa shape index (κ2) is 5.60. The van der Waals surface area contributed by atoms with Gasteiger partial charge in [0.2, 0.25) is 0 Å². The number of H-pyrrole nitrogens is 1. The van der Waals surface area contributed by atoms with Crippen LogP contribution in [0.5, 0.6) is 0 Å². The van der Waals surface area contributed by atoms with Crippen LogP contribution in [0.4, 0.5) is 16.3 Å². The lowest BCUT2D eigenvalue weighted by atomic mass is 10.1. The highest BCUT2D eigenvalue weighted by atomic mass is 16.6. The highest BCUT2D eigenvalue weighted by Crippen LogP contribution is 2.29. The summed E-state index contributed by atoms with van der Waals surface area (Å²) in [6, 6.07) is 5.99. The number of cyclic esters (lactones) is 1. The van der Waals surface area contributed by atoms with Crippen molar-refractivity contribution < 1.29 is 9.53 Å². The van der Waals surface area contributed by atoms with Crippen molar-refractivity contribution in [1.82, 2.24) is 25.3 Å². The van der Waals surface area contributed by atoms with E-state index in [1.54, 1.807) is 4.90 Å². The Morgan fingerprint density at radius 2 is 2.23 bits per heavy atom. The number of carbonyl (C=O) groups is 1. The predicted octanol–water partition coefficient (Wildman–Crippen LogP) is 1.48. The third-order valence-corrected chi connectivity index (χ3v) is 4.58. The van der Waals surface area contributed by atoms with Gasteiger partial charge >= 0.3 is 6.09 Å². The largest absolute Gasteiger partial charge is 0.448 e. The minimum Gasteiger partial charge on any atom is -0.448 e. The van der Waals surface area contributed by atoms with E-state index in [1.807, 2.05) is 35.5 Å². The quantitative estimate of drug-likeness (QED) is 0.655. The first-order valence-electron chi connectivity index (χ1n) is 8.38. The van der Waals surface area contributed by atoms with Crippen molar-refractivity contribution in [3.05, 3.63) is 36.3 Å². The van der Waals surface area contributed by atoms with Crippen LogP contribution in [0.3, 0.4) is 0 Å². The molecule has 9 heteroatoms. The van der Waals surface area contributed by atoms with E-state index in [9.17, 15) is 4.79 Å². The summed E-state index contributed by atoms with van der Waals surface area (Å²) in [7, 11) is 0. The number of pyridine rings is 1. The first-order chi connectivity index (χ1) is 12.7. The number of ether oxygens (including phenoxy) is 1. The van der Waals surface area contributed by atoms with Crippen molar-refractivity contribution in [2.45, 2.75) is 6.54 Å². The maximum Gasteiger partial charge on any atom is 0.410 e. The van der Waals surface area contributed by atoms with Gasteiger partial charge in [-0.05, 0) is 18.2 Å². The Morgan fingerprint density at radius 3 is 3.00 bits per heavy atom. The summed E-state index contributed by atoms with van der Waals surface area (Å²) in [5.74, 6) is 1.02. The Hall–Kier alpha value is -3.33. The summed E-state index contributed by atoms with van der Waals surface area (Å²) < 4.78 is 4.96. The molecule has 4 heterocycles. The number of aromatic amines is 1. The van der Waals surface area contributed by atoms with Gasteiger partial charge in [0.15, 0.2) is 5.82 Å². The number of fused-ring (bicyclic) bond motifs is 3. The minimum absolute atomic E-state index is 0.322. The van der Waals surface area contributed by atoms with Crippen LogP contribution in [0, 0.1) is 0 Å². The lowest BCUT2D eigenvalue weighted by molar-refractivity contribution is 0.156. The Morgan fingerprint density at radius 1 is 1.31 bits per heavy atom. The molecule has 0 aliphatic carbocycles. The van der Waals surface area contributed by atoms with Crippen LogP contribution in [0.25, 0.3) is 21.9 Å². The van der Waals surface area contributed by atoms with E-state index in [2.05, 4.69) is 20.4 Å². The molecule has 5 rings (SSSR count). The SMILES string of the molecule is Nc1nc2cc(N3C=CCN3)ccc2c2[nH]c(CN3CCOC3=O)nc12. The number of amides is 1. The van der Waals surface area contributed by atoms with Gasteiger partial charge in [0.1, 0.15) is 17.9 Å². The topological polar surface area (TPSA) is 112 Å². The molecule has 0 saturated carbocycles. The predicted molar refractivity (Wildman–Crippen MR) is 97.2 cm³/mol. The molecule has 3 aromatic rings. The second-order valence-electron chi connectivity index (χ2n) is 6.26. The number of nitrogens with zero attached hydrogens (tertiary/aromatic N) is 4. The summed E-state index contributed by atoms with van der Waals surface area (Å²) in [6.07, 6.45) is 3.70. The summed E-state index contributed by atoms with van der Waals surface area (Å²) in [4.78, 5) is 25.6. The van der Waals surface area contributed by atoms with Crippen LogP contribution in [-0.2, 0) is 11.3 Å². The molecule has 0 unspecified atom stereocenters. The van der Waals surface area contributed by atoms with Gasteiger partial charge in [-0.15, -0.1) is 0 Å². The third kappa shape index (κ3) is 2.32. The fourth-order valence-electron chi connectivity index (χ4n) is 3.32. The number of aromatic nitrogens is 3. The van der Waals surface area contributed by atoms with Gasteiger partial charge in [-0.2, -0.15) is 0 Å². The van der Waals surface area contributed by atoms with Crippen molar-refractivity contribution in [3.8, 4) is 0 Å². The Labute approximate surface area is 148 Å². The maximum atomic E-state index is 11.6. The van der Waals surface area contributed by atoms with E-state index in [4.69, 9.17) is 10.5 Å². The Balaban J connectivity index is 1.57. The normalized spacial score (nSPS) is 17.0. The zero-order valence-corrected chi connectivity index (χ0v) is 13.9.